The Hall–Kier alpha value is -1.95. The molecule has 1 amide bonds. The van der Waals surface area contributed by atoms with Crippen molar-refractivity contribution in [2.24, 2.45) is 0 Å². The largest absolute Gasteiger partial charge is 0.444 e. The lowest BCUT2D eigenvalue weighted by Crippen LogP contribution is -2.13. The topological polar surface area (TPSA) is 38.3 Å². The van der Waals surface area contributed by atoms with Crippen LogP contribution < -0.4 is 5.32 Å². The van der Waals surface area contributed by atoms with Gasteiger partial charge in [-0.05, 0) is 17.5 Å². The van der Waals surface area contributed by atoms with E-state index < -0.39 is 17.7 Å². The summed E-state index contributed by atoms with van der Waals surface area (Å²) in [7, 11) is 0. The molecule has 0 unspecified atom stereocenters. The van der Waals surface area contributed by atoms with Gasteiger partial charge in [0.2, 0.25) is 0 Å². The zero-order valence-electron chi connectivity index (χ0n) is 9.15. The molecule has 0 radical (unpaired) electrons. The molecule has 0 fully saturated rings. The third kappa shape index (κ3) is 3.04. The van der Waals surface area contributed by atoms with Gasteiger partial charge < -0.3 is 4.74 Å². The van der Waals surface area contributed by atoms with Crippen molar-refractivity contribution in [2.75, 3.05) is 5.32 Å². The van der Waals surface area contributed by atoms with Crippen molar-refractivity contribution < 1.29 is 18.3 Å². The number of halogens is 2. The fourth-order valence-corrected chi connectivity index (χ4v) is 1.88. The molecule has 3 nitrogen and oxygen atoms in total. The van der Waals surface area contributed by atoms with Crippen molar-refractivity contribution >= 4 is 23.1 Å². The maximum atomic E-state index is 13.2. The van der Waals surface area contributed by atoms with Gasteiger partial charge in [0.1, 0.15) is 6.61 Å². The van der Waals surface area contributed by atoms with Gasteiger partial charge in [0.25, 0.3) is 0 Å². The molecule has 2 aromatic rings. The number of thiophene rings is 1. The van der Waals surface area contributed by atoms with Crippen LogP contribution in [0.1, 0.15) is 5.56 Å². The van der Waals surface area contributed by atoms with Crippen molar-refractivity contribution in [3.63, 3.8) is 0 Å². The second kappa shape index (κ2) is 5.59. The molecule has 1 aromatic carbocycles. The average Bonchev–Trinajstić information content (AvgIpc) is 2.84. The van der Waals surface area contributed by atoms with Crippen LogP contribution in [0.5, 0.6) is 0 Å². The van der Waals surface area contributed by atoms with Crippen LogP contribution in [0.15, 0.2) is 35.0 Å². The second-order valence-corrected chi connectivity index (χ2v) is 4.21. The van der Waals surface area contributed by atoms with Crippen molar-refractivity contribution in [3.8, 4) is 0 Å². The predicted molar refractivity (Wildman–Crippen MR) is 64.5 cm³/mol. The summed E-state index contributed by atoms with van der Waals surface area (Å²) in [6.07, 6.45) is -0.711. The fourth-order valence-electron chi connectivity index (χ4n) is 1.29. The highest BCUT2D eigenvalue weighted by atomic mass is 32.1. The monoisotopic (exact) mass is 269 g/mol. The summed E-state index contributed by atoms with van der Waals surface area (Å²) < 4.78 is 30.9. The number of rotatable bonds is 3. The number of anilines is 1. The third-order valence-corrected chi connectivity index (χ3v) is 2.84. The Kier molecular flexibility index (Phi) is 3.88. The van der Waals surface area contributed by atoms with Gasteiger partial charge in [-0.1, -0.05) is 12.1 Å². The number of hydrogen-bond donors (Lipinski definition) is 1. The van der Waals surface area contributed by atoms with Crippen molar-refractivity contribution in [1.29, 1.82) is 0 Å². The lowest BCUT2D eigenvalue weighted by atomic mass is 10.2. The van der Waals surface area contributed by atoms with E-state index in [1.165, 1.54) is 23.5 Å². The van der Waals surface area contributed by atoms with Gasteiger partial charge in [0.15, 0.2) is 11.6 Å². The summed E-state index contributed by atoms with van der Waals surface area (Å²) in [4.78, 5) is 11.3. The van der Waals surface area contributed by atoms with Crippen LogP contribution in [0, 0.1) is 11.6 Å². The van der Waals surface area contributed by atoms with Gasteiger partial charge in [0, 0.05) is 10.9 Å². The highest BCUT2D eigenvalue weighted by Gasteiger charge is 2.10. The van der Waals surface area contributed by atoms with Crippen LogP contribution >= 0.6 is 11.3 Å². The first-order valence-electron chi connectivity index (χ1n) is 5.05. The molecule has 0 saturated heterocycles. The van der Waals surface area contributed by atoms with Crippen LogP contribution in [-0.4, -0.2) is 6.09 Å². The number of ether oxygens (including phenoxy) is 1. The first-order chi connectivity index (χ1) is 8.66. The number of carbonyl (C=O) groups is 1. The molecule has 18 heavy (non-hydrogen) atoms. The van der Waals surface area contributed by atoms with Crippen LogP contribution in [-0.2, 0) is 11.3 Å². The van der Waals surface area contributed by atoms with Crippen LogP contribution in [0.4, 0.5) is 19.3 Å². The second-order valence-electron chi connectivity index (χ2n) is 3.43. The minimum absolute atomic E-state index is 0.00420. The molecule has 0 spiro atoms. The van der Waals surface area contributed by atoms with E-state index in [-0.39, 0.29) is 12.2 Å². The van der Waals surface area contributed by atoms with Crippen LogP contribution in [0.3, 0.4) is 0 Å². The highest BCUT2D eigenvalue weighted by molar-refractivity contribution is 7.08. The van der Waals surface area contributed by atoms with E-state index in [1.807, 2.05) is 0 Å². The van der Waals surface area contributed by atoms with Crippen molar-refractivity contribution in [2.45, 2.75) is 6.61 Å². The normalized spacial score (nSPS) is 10.1. The van der Waals surface area contributed by atoms with Crippen LogP contribution in [0.25, 0.3) is 0 Å². The van der Waals surface area contributed by atoms with E-state index in [0.717, 1.165) is 6.07 Å². The van der Waals surface area contributed by atoms with E-state index in [4.69, 9.17) is 4.74 Å². The van der Waals surface area contributed by atoms with Gasteiger partial charge in [-0.15, -0.1) is 0 Å². The maximum absolute atomic E-state index is 13.2. The molecule has 0 bridgehead atoms. The highest BCUT2D eigenvalue weighted by Crippen LogP contribution is 2.14. The number of amides is 1. The summed E-state index contributed by atoms with van der Waals surface area (Å²) in [5.41, 5.74) is 0.597. The summed E-state index contributed by atoms with van der Waals surface area (Å²) in [6.45, 7) is -0.320. The van der Waals surface area contributed by atoms with Crippen molar-refractivity contribution in [3.05, 3.63) is 52.2 Å². The van der Waals surface area contributed by atoms with Crippen LogP contribution in [0.2, 0.25) is 0 Å². The Balaban J connectivity index is 1.91. The zero-order chi connectivity index (χ0) is 13.0. The van der Waals surface area contributed by atoms with Gasteiger partial charge in [-0.2, -0.15) is 11.3 Å². The zero-order valence-corrected chi connectivity index (χ0v) is 9.97. The lowest BCUT2D eigenvalue weighted by molar-refractivity contribution is 0.153. The van der Waals surface area contributed by atoms with Gasteiger partial charge in [-0.25, -0.2) is 13.6 Å². The Morgan fingerprint density at radius 3 is 2.89 bits per heavy atom. The van der Waals surface area contributed by atoms with E-state index >= 15 is 0 Å². The summed E-state index contributed by atoms with van der Waals surface area (Å²) in [5.74, 6) is -1.96. The smallest absolute Gasteiger partial charge is 0.411 e. The Bertz CT molecular complexity index is 543. The molecule has 2 rings (SSSR count). The number of nitrogens with one attached hydrogen (secondary N) is 1. The molecular formula is C12H9F2NO2S. The quantitative estimate of drug-likeness (QED) is 0.921. The van der Waals surface area contributed by atoms with Gasteiger partial charge in [0.05, 0.1) is 5.69 Å². The van der Waals surface area contributed by atoms with E-state index in [9.17, 15) is 13.6 Å². The van der Waals surface area contributed by atoms with Gasteiger partial charge in [-0.3, -0.25) is 5.32 Å². The third-order valence-electron chi connectivity index (χ3n) is 2.16. The van der Waals surface area contributed by atoms with E-state index in [2.05, 4.69) is 5.32 Å². The number of hydrogen-bond acceptors (Lipinski definition) is 3. The Labute approximate surface area is 106 Å². The first kappa shape index (κ1) is 12.5. The predicted octanol–water partition coefficient (Wildman–Crippen LogP) is 3.78. The number of benzene rings is 1. The van der Waals surface area contributed by atoms with E-state index in [0.29, 0.717) is 5.69 Å². The lowest BCUT2D eigenvalue weighted by Gasteiger charge is -2.06. The molecule has 0 saturated carbocycles. The molecule has 1 heterocycles. The molecular weight excluding hydrogens is 260 g/mol. The standard InChI is InChI=1S/C12H9F2NO2S/c13-10-3-1-2-8(11(10)14)6-17-12(16)15-9-4-5-18-7-9/h1-5,7H,6H2,(H,15,16). The Morgan fingerprint density at radius 2 is 2.17 bits per heavy atom. The average molecular weight is 269 g/mol. The molecule has 0 aliphatic carbocycles. The minimum atomic E-state index is -0.999. The molecule has 6 heteroatoms. The minimum Gasteiger partial charge on any atom is -0.444 e. The maximum Gasteiger partial charge on any atom is 0.411 e. The van der Waals surface area contributed by atoms with Gasteiger partial charge >= 0.3 is 6.09 Å². The van der Waals surface area contributed by atoms with E-state index in [1.54, 1.807) is 16.8 Å². The summed E-state index contributed by atoms with van der Waals surface area (Å²) >= 11 is 1.42. The summed E-state index contributed by atoms with van der Waals surface area (Å²) in [6, 6.07) is 5.42. The molecule has 94 valence electrons. The molecule has 1 aromatic heterocycles. The number of carbonyl (C=O) groups excluding carboxylic acids is 1. The molecule has 0 aliphatic rings. The fraction of sp³-hybridized carbons (Fsp3) is 0.0833. The molecule has 0 aliphatic heterocycles. The molecule has 0 atom stereocenters. The Morgan fingerprint density at radius 1 is 1.33 bits per heavy atom. The SMILES string of the molecule is O=C(Nc1ccsc1)OCc1cccc(F)c1F. The molecule has 1 N–H and O–H groups in total. The van der Waals surface area contributed by atoms with Crippen molar-refractivity contribution in [1.82, 2.24) is 0 Å². The first-order valence-corrected chi connectivity index (χ1v) is 6.00. The summed E-state index contributed by atoms with van der Waals surface area (Å²) in [5, 5.41) is 5.98.